The van der Waals surface area contributed by atoms with Crippen molar-refractivity contribution in [3.05, 3.63) is 39.9 Å². The van der Waals surface area contributed by atoms with Crippen molar-refractivity contribution in [1.29, 1.82) is 0 Å². The fraction of sp³-hybridized carbons (Fsp3) is 0.333. The van der Waals surface area contributed by atoms with E-state index in [9.17, 15) is 9.59 Å². The SMILES string of the molecule is CCCc1nnc(NC(=O)C(C)NC(=O)c2ccccc2Cl)s1. The van der Waals surface area contributed by atoms with Crippen LogP contribution in [0.15, 0.2) is 24.3 Å². The molecule has 1 heterocycles. The number of carbonyl (C=O) groups is 2. The maximum Gasteiger partial charge on any atom is 0.253 e. The van der Waals surface area contributed by atoms with E-state index in [1.807, 2.05) is 6.92 Å². The average Bonchev–Trinajstić information content (AvgIpc) is 2.95. The van der Waals surface area contributed by atoms with Gasteiger partial charge in [0.25, 0.3) is 5.91 Å². The van der Waals surface area contributed by atoms with Gasteiger partial charge in [-0.25, -0.2) is 0 Å². The second-order valence-corrected chi connectivity index (χ2v) is 6.38. The highest BCUT2D eigenvalue weighted by atomic mass is 35.5. The van der Waals surface area contributed by atoms with Gasteiger partial charge < -0.3 is 5.32 Å². The number of benzene rings is 1. The molecule has 0 aliphatic rings. The van der Waals surface area contributed by atoms with Gasteiger partial charge in [0.1, 0.15) is 11.0 Å². The first-order valence-electron chi connectivity index (χ1n) is 7.20. The van der Waals surface area contributed by atoms with E-state index in [1.54, 1.807) is 31.2 Å². The smallest absolute Gasteiger partial charge is 0.253 e. The van der Waals surface area contributed by atoms with Gasteiger partial charge in [-0.2, -0.15) is 0 Å². The Kier molecular flexibility index (Phi) is 6.06. The Morgan fingerprint density at radius 3 is 2.74 bits per heavy atom. The fourth-order valence-corrected chi connectivity index (χ4v) is 2.88. The molecule has 0 aliphatic heterocycles. The number of hydrogen-bond donors (Lipinski definition) is 2. The van der Waals surface area contributed by atoms with Crippen molar-refractivity contribution in [2.24, 2.45) is 0 Å². The van der Waals surface area contributed by atoms with Crippen LogP contribution in [0.2, 0.25) is 5.02 Å². The number of hydrogen-bond acceptors (Lipinski definition) is 5. The summed E-state index contributed by atoms with van der Waals surface area (Å²) < 4.78 is 0. The summed E-state index contributed by atoms with van der Waals surface area (Å²) in [5.74, 6) is -0.758. The summed E-state index contributed by atoms with van der Waals surface area (Å²) >= 11 is 7.30. The van der Waals surface area contributed by atoms with Crippen LogP contribution in [-0.4, -0.2) is 28.1 Å². The van der Waals surface area contributed by atoms with Gasteiger partial charge in [-0.05, 0) is 25.5 Å². The van der Waals surface area contributed by atoms with Gasteiger partial charge in [0, 0.05) is 6.42 Å². The summed E-state index contributed by atoms with van der Waals surface area (Å²) in [4.78, 5) is 24.2. The van der Waals surface area contributed by atoms with Crippen LogP contribution in [0, 0.1) is 0 Å². The van der Waals surface area contributed by atoms with Crippen LogP contribution in [0.4, 0.5) is 5.13 Å². The zero-order valence-electron chi connectivity index (χ0n) is 12.8. The highest BCUT2D eigenvalue weighted by molar-refractivity contribution is 7.15. The topological polar surface area (TPSA) is 84.0 Å². The van der Waals surface area contributed by atoms with Crippen LogP contribution in [0.3, 0.4) is 0 Å². The second kappa shape index (κ2) is 8.03. The van der Waals surface area contributed by atoms with Crippen molar-refractivity contribution >= 4 is 39.9 Å². The van der Waals surface area contributed by atoms with E-state index in [4.69, 9.17) is 11.6 Å². The molecule has 0 saturated heterocycles. The average molecular weight is 353 g/mol. The third-order valence-corrected chi connectivity index (χ3v) is 4.25. The summed E-state index contributed by atoms with van der Waals surface area (Å²) in [5.41, 5.74) is 0.329. The number of aromatic nitrogens is 2. The molecule has 8 heteroatoms. The molecule has 0 saturated carbocycles. The minimum absolute atomic E-state index is 0.329. The quantitative estimate of drug-likeness (QED) is 0.837. The molecule has 0 fully saturated rings. The molecule has 0 aliphatic carbocycles. The minimum Gasteiger partial charge on any atom is -0.340 e. The van der Waals surface area contributed by atoms with Crippen LogP contribution in [0.25, 0.3) is 0 Å². The number of aryl methyl sites for hydroxylation is 1. The summed E-state index contributed by atoms with van der Waals surface area (Å²) in [6.07, 6.45) is 1.79. The van der Waals surface area contributed by atoms with E-state index in [1.165, 1.54) is 11.3 Å². The van der Waals surface area contributed by atoms with Crippen LogP contribution in [-0.2, 0) is 11.2 Å². The lowest BCUT2D eigenvalue weighted by Crippen LogP contribution is -2.41. The summed E-state index contributed by atoms with van der Waals surface area (Å²) in [5, 5.41) is 14.8. The summed E-state index contributed by atoms with van der Waals surface area (Å²) in [6.45, 7) is 3.64. The number of nitrogens with zero attached hydrogens (tertiary/aromatic N) is 2. The molecule has 1 aromatic heterocycles. The third kappa shape index (κ3) is 4.74. The largest absolute Gasteiger partial charge is 0.340 e. The molecule has 1 aromatic carbocycles. The number of carbonyl (C=O) groups excluding carboxylic acids is 2. The van der Waals surface area contributed by atoms with Crippen molar-refractivity contribution in [3.63, 3.8) is 0 Å². The van der Waals surface area contributed by atoms with E-state index >= 15 is 0 Å². The van der Waals surface area contributed by atoms with E-state index < -0.39 is 11.9 Å². The van der Waals surface area contributed by atoms with E-state index in [0.29, 0.717) is 15.7 Å². The molecular formula is C15H17ClN4O2S. The molecular weight excluding hydrogens is 336 g/mol. The molecule has 122 valence electrons. The van der Waals surface area contributed by atoms with Gasteiger partial charge in [0.05, 0.1) is 10.6 Å². The van der Waals surface area contributed by atoms with Gasteiger partial charge in [-0.1, -0.05) is 42.0 Å². The Bertz CT molecular complexity index is 704. The molecule has 2 amide bonds. The standard InChI is InChI=1S/C15H17ClN4O2S/c1-3-6-12-19-20-15(23-12)18-13(21)9(2)17-14(22)10-7-4-5-8-11(10)16/h4-5,7-9H,3,6H2,1-2H3,(H,17,22)(H,18,20,21). The van der Waals surface area contributed by atoms with Crippen LogP contribution in [0.5, 0.6) is 0 Å². The van der Waals surface area contributed by atoms with E-state index in [0.717, 1.165) is 17.8 Å². The fourth-order valence-electron chi connectivity index (χ4n) is 1.82. The molecule has 6 nitrogen and oxygen atoms in total. The Balaban J connectivity index is 1.94. The number of anilines is 1. The highest BCUT2D eigenvalue weighted by Crippen LogP contribution is 2.17. The molecule has 2 rings (SSSR count). The zero-order valence-corrected chi connectivity index (χ0v) is 14.4. The van der Waals surface area contributed by atoms with Gasteiger partial charge in [-0.15, -0.1) is 10.2 Å². The second-order valence-electron chi connectivity index (χ2n) is 4.92. The van der Waals surface area contributed by atoms with Crippen LogP contribution >= 0.6 is 22.9 Å². The van der Waals surface area contributed by atoms with Gasteiger partial charge in [0.2, 0.25) is 11.0 Å². The van der Waals surface area contributed by atoms with E-state index in [2.05, 4.69) is 20.8 Å². The van der Waals surface area contributed by atoms with Crippen molar-refractivity contribution in [1.82, 2.24) is 15.5 Å². The maximum absolute atomic E-state index is 12.1. The third-order valence-electron chi connectivity index (χ3n) is 3.02. The summed E-state index contributed by atoms with van der Waals surface area (Å²) in [7, 11) is 0. The monoisotopic (exact) mass is 352 g/mol. The molecule has 23 heavy (non-hydrogen) atoms. The Labute approximate surface area is 143 Å². The predicted octanol–water partition coefficient (Wildman–Crippen LogP) is 2.90. The van der Waals surface area contributed by atoms with Gasteiger partial charge >= 0.3 is 0 Å². The number of halogens is 1. The van der Waals surface area contributed by atoms with Crippen LogP contribution in [0.1, 0.15) is 35.6 Å². The van der Waals surface area contributed by atoms with Crippen molar-refractivity contribution < 1.29 is 9.59 Å². The van der Waals surface area contributed by atoms with Gasteiger partial charge in [-0.3, -0.25) is 14.9 Å². The first-order valence-corrected chi connectivity index (χ1v) is 8.39. The van der Waals surface area contributed by atoms with Crippen molar-refractivity contribution in [2.45, 2.75) is 32.7 Å². The molecule has 0 bridgehead atoms. The molecule has 2 aromatic rings. The zero-order chi connectivity index (χ0) is 16.8. The molecule has 0 spiro atoms. The first kappa shape index (κ1) is 17.4. The van der Waals surface area contributed by atoms with Crippen molar-refractivity contribution in [3.8, 4) is 0 Å². The highest BCUT2D eigenvalue weighted by Gasteiger charge is 2.19. The Morgan fingerprint density at radius 2 is 2.04 bits per heavy atom. The lowest BCUT2D eigenvalue weighted by Gasteiger charge is -2.13. The maximum atomic E-state index is 12.1. The molecule has 2 N–H and O–H groups in total. The van der Waals surface area contributed by atoms with E-state index in [-0.39, 0.29) is 5.91 Å². The number of nitrogens with one attached hydrogen (secondary N) is 2. The summed E-state index contributed by atoms with van der Waals surface area (Å²) in [6, 6.07) is 5.94. The minimum atomic E-state index is -0.725. The Hall–Kier alpha value is -1.99. The molecule has 1 atom stereocenters. The molecule has 1 unspecified atom stereocenters. The van der Waals surface area contributed by atoms with Crippen molar-refractivity contribution in [2.75, 3.05) is 5.32 Å². The number of rotatable bonds is 6. The lowest BCUT2D eigenvalue weighted by atomic mass is 10.2. The normalized spacial score (nSPS) is 11.8. The van der Waals surface area contributed by atoms with Gasteiger partial charge in [0.15, 0.2) is 0 Å². The Morgan fingerprint density at radius 1 is 1.30 bits per heavy atom. The number of amides is 2. The van der Waals surface area contributed by atoms with Crippen LogP contribution < -0.4 is 10.6 Å². The lowest BCUT2D eigenvalue weighted by molar-refractivity contribution is -0.117. The predicted molar refractivity (Wildman–Crippen MR) is 90.9 cm³/mol. The molecule has 0 radical (unpaired) electrons. The first-order chi connectivity index (χ1) is 11.0.